The van der Waals surface area contributed by atoms with Crippen molar-refractivity contribution in [3.8, 4) is 0 Å². The second kappa shape index (κ2) is 5.53. The van der Waals surface area contributed by atoms with Crippen LogP contribution in [0, 0.1) is 0 Å². The molecule has 0 spiro atoms. The standard InChI is InChI=1S/C11H20N4O/c1-5-15(6-2)11(16)14(4)9-10-12-7-8-13(10)3/h7-8H,5-6,9H2,1-4H3. The number of imidazole rings is 1. The van der Waals surface area contributed by atoms with Gasteiger partial charge in [0, 0.05) is 39.6 Å². The number of amides is 2. The van der Waals surface area contributed by atoms with Crippen LogP contribution in [0.3, 0.4) is 0 Å². The second-order valence-electron chi connectivity index (χ2n) is 3.77. The molecule has 0 saturated carbocycles. The lowest BCUT2D eigenvalue weighted by atomic mass is 10.5. The Bertz CT molecular complexity index is 344. The minimum Gasteiger partial charge on any atom is -0.337 e. The number of hydrogen-bond acceptors (Lipinski definition) is 2. The highest BCUT2D eigenvalue weighted by atomic mass is 16.2. The van der Waals surface area contributed by atoms with Crippen molar-refractivity contribution in [2.45, 2.75) is 20.4 Å². The van der Waals surface area contributed by atoms with Gasteiger partial charge in [-0.3, -0.25) is 0 Å². The van der Waals surface area contributed by atoms with E-state index < -0.39 is 0 Å². The lowest BCUT2D eigenvalue weighted by Crippen LogP contribution is -2.40. The van der Waals surface area contributed by atoms with Gasteiger partial charge in [-0.25, -0.2) is 9.78 Å². The fourth-order valence-corrected chi connectivity index (χ4v) is 1.56. The SMILES string of the molecule is CCN(CC)C(=O)N(C)Cc1nccn1C. The number of hydrogen-bond donors (Lipinski definition) is 0. The third kappa shape index (κ3) is 2.74. The van der Waals surface area contributed by atoms with E-state index in [1.807, 2.05) is 31.7 Å². The summed E-state index contributed by atoms with van der Waals surface area (Å²) in [5.41, 5.74) is 0. The minimum absolute atomic E-state index is 0.0491. The van der Waals surface area contributed by atoms with Crippen LogP contribution in [0.2, 0.25) is 0 Å². The maximum absolute atomic E-state index is 12.0. The Morgan fingerprint density at radius 1 is 1.44 bits per heavy atom. The molecule has 16 heavy (non-hydrogen) atoms. The van der Waals surface area contributed by atoms with Gasteiger partial charge in [-0.05, 0) is 13.8 Å². The van der Waals surface area contributed by atoms with Crippen molar-refractivity contribution in [1.29, 1.82) is 0 Å². The van der Waals surface area contributed by atoms with Gasteiger partial charge in [0.25, 0.3) is 0 Å². The number of nitrogens with zero attached hydrogens (tertiary/aromatic N) is 4. The van der Waals surface area contributed by atoms with E-state index >= 15 is 0 Å². The van der Waals surface area contributed by atoms with Gasteiger partial charge in [-0.2, -0.15) is 0 Å². The molecule has 5 heteroatoms. The Balaban J connectivity index is 2.62. The van der Waals surface area contributed by atoms with E-state index in [1.165, 1.54) is 0 Å². The summed E-state index contributed by atoms with van der Waals surface area (Å²) in [6.45, 7) is 5.98. The molecule has 0 N–H and O–H groups in total. The van der Waals surface area contributed by atoms with E-state index in [0.717, 1.165) is 18.9 Å². The normalized spacial score (nSPS) is 10.2. The first-order valence-corrected chi connectivity index (χ1v) is 5.56. The quantitative estimate of drug-likeness (QED) is 0.774. The van der Waals surface area contributed by atoms with Gasteiger partial charge < -0.3 is 14.4 Å². The van der Waals surface area contributed by atoms with Gasteiger partial charge in [-0.15, -0.1) is 0 Å². The molecule has 0 fully saturated rings. The van der Waals surface area contributed by atoms with Crippen LogP contribution in [0.5, 0.6) is 0 Å². The molecule has 1 aromatic rings. The van der Waals surface area contributed by atoms with Crippen LogP contribution in [0.25, 0.3) is 0 Å². The first kappa shape index (κ1) is 12.5. The molecule has 0 bridgehead atoms. The molecule has 0 atom stereocenters. The molecule has 0 aromatic carbocycles. The summed E-state index contributed by atoms with van der Waals surface area (Å²) >= 11 is 0. The van der Waals surface area contributed by atoms with Gasteiger partial charge in [0.15, 0.2) is 0 Å². The molecule has 1 heterocycles. The number of rotatable bonds is 4. The zero-order valence-electron chi connectivity index (χ0n) is 10.5. The van der Waals surface area contributed by atoms with Crippen LogP contribution in [-0.2, 0) is 13.6 Å². The van der Waals surface area contributed by atoms with Crippen molar-refractivity contribution in [2.75, 3.05) is 20.1 Å². The summed E-state index contributed by atoms with van der Waals surface area (Å²) in [5, 5.41) is 0. The second-order valence-corrected chi connectivity index (χ2v) is 3.77. The molecule has 0 aliphatic heterocycles. The Hall–Kier alpha value is -1.52. The van der Waals surface area contributed by atoms with E-state index in [-0.39, 0.29) is 6.03 Å². The van der Waals surface area contributed by atoms with Crippen LogP contribution in [0.15, 0.2) is 12.4 Å². The van der Waals surface area contributed by atoms with Gasteiger partial charge in [0.05, 0.1) is 6.54 Å². The summed E-state index contributed by atoms with van der Waals surface area (Å²) in [7, 11) is 3.73. The Labute approximate surface area is 96.7 Å². The van der Waals surface area contributed by atoms with Crippen LogP contribution in [-0.4, -0.2) is 45.5 Å². The van der Waals surface area contributed by atoms with Crippen LogP contribution in [0.4, 0.5) is 4.79 Å². The number of aryl methyl sites for hydroxylation is 1. The number of urea groups is 1. The number of carbonyl (C=O) groups excluding carboxylic acids is 1. The smallest absolute Gasteiger partial charge is 0.320 e. The molecule has 1 rings (SSSR count). The maximum Gasteiger partial charge on any atom is 0.320 e. The fourth-order valence-electron chi connectivity index (χ4n) is 1.56. The first-order chi connectivity index (χ1) is 7.60. The molecule has 1 aromatic heterocycles. The Morgan fingerprint density at radius 2 is 2.06 bits per heavy atom. The van der Waals surface area contributed by atoms with E-state index in [2.05, 4.69) is 4.98 Å². The van der Waals surface area contributed by atoms with Crippen molar-refractivity contribution in [3.05, 3.63) is 18.2 Å². The first-order valence-electron chi connectivity index (χ1n) is 5.56. The molecule has 0 aliphatic carbocycles. The molecule has 0 radical (unpaired) electrons. The lowest BCUT2D eigenvalue weighted by molar-refractivity contribution is 0.164. The molecule has 5 nitrogen and oxygen atoms in total. The highest BCUT2D eigenvalue weighted by Gasteiger charge is 2.16. The summed E-state index contributed by atoms with van der Waals surface area (Å²) in [5.74, 6) is 0.892. The molecule has 90 valence electrons. The average molecular weight is 224 g/mol. The van der Waals surface area contributed by atoms with Crippen LogP contribution < -0.4 is 0 Å². The molecule has 0 aliphatic rings. The Kier molecular flexibility index (Phi) is 4.34. The van der Waals surface area contributed by atoms with E-state index in [0.29, 0.717) is 6.54 Å². The topological polar surface area (TPSA) is 41.4 Å². The average Bonchev–Trinajstić information content (AvgIpc) is 2.66. The zero-order valence-corrected chi connectivity index (χ0v) is 10.5. The summed E-state index contributed by atoms with van der Waals surface area (Å²) < 4.78 is 1.92. The molecule has 2 amide bonds. The highest BCUT2D eigenvalue weighted by Crippen LogP contribution is 2.03. The predicted octanol–water partition coefficient (Wildman–Crippen LogP) is 1.31. The van der Waals surface area contributed by atoms with Crippen molar-refractivity contribution < 1.29 is 4.79 Å². The number of aromatic nitrogens is 2. The summed E-state index contributed by atoms with van der Waals surface area (Å²) in [6.07, 6.45) is 3.62. The Morgan fingerprint density at radius 3 is 2.50 bits per heavy atom. The van der Waals surface area contributed by atoms with E-state index in [4.69, 9.17) is 0 Å². The van der Waals surface area contributed by atoms with Gasteiger partial charge in [-0.1, -0.05) is 0 Å². The van der Waals surface area contributed by atoms with E-state index in [9.17, 15) is 4.79 Å². The third-order valence-electron chi connectivity index (χ3n) is 2.66. The molecular weight excluding hydrogens is 204 g/mol. The van der Waals surface area contributed by atoms with Crippen LogP contribution in [0.1, 0.15) is 19.7 Å². The number of carbonyl (C=O) groups is 1. The van der Waals surface area contributed by atoms with Gasteiger partial charge in [0.2, 0.25) is 0 Å². The molecular formula is C11H20N4O. The van der Waals surface area contributed by atoms with Gasteiger partial charge >= 0.3 is 6.03 Å². The van der Waals surface area contributed by atoms with Crippen molar-refractivity contribution in [2.24, 2.45) is 7.05 Å². The molecule has 0 unspecified atom stereocenters. The van der Waals surface area contributed by atoms with Crippen molar-refractivity contribution >= 4 is 6.03 Å². The predicted molar refractivity (Wildman–Crippen MR) is 63.0 cm³/mol. The highest BCUT2D eigenvalue weighted by molar-refractivity contribution is 5.73. The third-order valence-corrected chi connectivity index (χ3v) is 2.66. The zero-order chi connectivity index (χ0) is 12.1. The summed E-state index contributed by atoms with van der Waals surface area (Å²) in [4.78, 5) is 19.6. The monoisotopic (exact) mass is 224 g/mol. The van der Waals surface area contributed by atoms with Gasteiger partial charge in [0.1, 0.15) is 5.82 Å². The van der Waals surface area contributed by atoms with Crippen molar-refractivity contribution in [3.63, 3.8) is 0 Å². The van der Waals surface area contributed by atoms with Crippen LogP contribution >= 0.6 is 0 Å². The minimum atomic E-state index is 0.0491. The molecule has 0 saturated heterocycles. The maximum atomic E-state index is 12.0. The fraction of sp³-hybridized carbons (Fsp3) is 0.636. The van der Waals surface area contributed by atoms with Crippen molar-refractivity contribution in [1.82, 2.24) is 19.4 Å². The van der Waals surface area contributed by atoms with E-state index in [1.54, 1.807) is 23.0 Å². The largest absolute Gasteiger partial charge is 0.337 e. The summed E-state index contributed by atoms with van der Waals surface area (Å²) in [6, 6.07) is 0.0491. The lowest BCUT2D eigenvalue weighted by Gasteiger charge is -2.25.